The van der Waals surface area contributed by atoms with E-state index in [0.717, 1.165) is 5.56 Å². The van der Waals surface area contributed by atoms with E-state index in [4.69, 9.17) is 22.0 Å². The monoisotopic (exact) mass is 390 g/mol. The molecule has 0 aliphatic carbocycles. The summed E-state index contributed by atoms with van der Waals surface area (Å²) in [5.74, 6) is -0.568. The van der Waals surface area contributed by atoms with Crippen molar-refractivity contribution in [3.63, 3.8) is 0 Å². The highest BCUT2D eigenvalue weighted by Gasteiger charge is 2.10. The second-order valence-electron chi connectivity index (χ2n) is 5.16. The average Bonchev–Trinajstić information content (AvgIpc) is 2.61. The molecule has 26 heavy (non-hydrogen) atoms. The molecule has 0 aliphatic heterocycles. The van der Waals surface area contributed by atoms with E-state index >= 15 is 0 Å². The molecule has 7 nitrogen and oxygen atoms in total. The van der Waals surface area contributed by atoms with Gasteiger partial charge in [0.2, 0.25) is 10.0 Å². The van der Waals surface area contributed by atoms with Crippen molar-refractivity contribution >= 4 is 33.2 Å². The minimum atomic E-state index is -3.78. The maximum absolute atomic E-state index is 12.1. The van der Waals surface area contributed by atoms with Gasteiger partial charge in [-0.15, -0.1) is 0 Å². The lowest BCUT2D eigenvalue weighted by atomic mass is 10.2. The number of anilines is 1. The Labute approximate surface area is 156 Å². The summed E-state index contributed by atoms with van der Waals surface area (Å²) in [5.41, 5.74) is 1.07. The molecule has 1 amide bonds. The average molecular weight is 391 g/mol. The fourth-order valence-electron chi connectivity index (χ4n) is 1.96. The fourth-order valence-corrected chi connectivity index (χ4v) is 2.68. The van der Waals surface area contributed by atoms with Crippen molar-refractivity contribution < 1.29 is 13.2 Å². The molecule has 0 atom stereocenters. The molecule has 2 aromatic carbocycles. The number of nitriles is 1. The smallest absolute Gasteiger partial charge is 0.263 e. The molecule has 0 bridgehead atoms. The van der Waals surface area contributed by atoms with E-state index in [-0.39, 0.29) is 17.0 Å². The van der Waals surface area contributed by atoms with Crippen LogP contribution in [0.1, 0.15) is 5.56 Å². The van der Waals surface area contributed by atoms with Crippen molar-refractivity contribution in [2.45, 2.75) is 11.4 Å². The molecule has 0 aliphatic rings. The maximum atomic E-state index is 12.1. The van der Waals surface area contributed by atoms with E-state index in [1.165, 1.54) is 30.5 Å². The normalized spacial score (nSPS) is 11.5. The summed E-state index contributed by atoms with van der Waals surface area (Å²) in [4.78, 5) is 12.0. The number of primary sulfonamides is 1. The summed E-state index contributed by atoms with van der Waals surface area (Å²) >= 11 is 6.01. The number of hydrogen-bond donors (Lipinski definition) is 3. The van der Waals surface area contributed by atoms with Gasteiger partial charge in [0, 0.05) is 23.5 Å². The van der Waals surface area contributed by atoms with Gasteiger partial charge in [-0.3, -0.25) is 4.79 Å². The summed E-state index contributed by atoms with van der Waals surface area (Å²) in [5, 5.41) is 20.0. The van der Waals surface area contributed by atoms with Gasteiger partial charge < -0.3 is 10.6 Å². The molecule has 4 N–H and O–H groups in total. The van der Waals surface area contributed by atoms with Gasteiger partial charge in [0.25, 0.3) is 5.91 Å². The van der Waals surface area contributed by atoms with Crippen LogP contribution in [-0.2, 0) is 21.4 Å². The molecule has 0 saturated carbocycles. The third-order valence-electron chi connectivity index (χ3n) is 3.33. The van der Waals surface area contributed by atoms with E-state index < -0.39 is 15.9 Å². The largest absolute Gasteiger partial charge is 0.360 e. The van der Waals surface area contributed by atoms with Crippen LogP contribution in [-0.4, -0.2) is 14.3 Å². The third kappa shape index (κ3) is 5.32. The Morgan fingerprint density at radius 3 is 2.42 bits per heavy atom. The van der Waals surface area contributed by atoms with Gasteiger partial charge >= 0.3 is 0 Å². The van der Waals surface area contributed by atoms with E-state index in [2.05, 4.69) is 10.6 Å². The topological polar surface area (TPSA) is 125 Å². The van der Waals surface area contributed by atoms with Crippen molar-refractivity contribution in [3.8, 4) is 6.07 Å². The first kappa shape index (κ1) is 19.5. The number of nitrogens with two attached hydrogens (primary N) is 1. The third-order valence-corrected chi connectivity index (χ3v) is 4.63. The van der Waals surface area contributed by atoms with Crippen LogP contribution in [0, 0.1) is 11.3 Å². The molecule has 0 unspecified atom stereocenters. The quantitative estimate of drug-likeness (QED) is 0.514. The summed E-state index contributed by atoms with van der Waals surface area (Å²) in [6.45, 7) is 0.181. The van der Waals surface area contributed by atoms with E-state index in [9.17, 15) is 13.2 Å². The second-order valence-corrected chi connectivity index (χ2v) is 7.13. The van der Waals surface area contributed by atoms with Gasteiger partial charge in [-0.2, -0.15) is 5.26 Å². The fraction of sp³-hybridized carbons (Fsp3) is 0.0588. The Morgan fingerprint density at radius 2 is 1.85 bits per heavy atom. The number of halogens is 1. The van der Waals surface area contributed by atoms with Crippen LogP contribution in [0.25, 0.3) is 0 Å². The summed E-state index contributed by atoms with van der Waals surface area (Å²) in [6.07, 6.45) is 1.23. The van der Waals surface area contributed by atoms with Crippen LogP contribution in [0.5, 0.6) is 0 Å². The molecule has 2 aromatic rings. The van der Waals surface area contributed by atoms with Crippen LogP contribution in [0.3, 0.4) is 0 Å². The molecular formula is C17H15ClN4O3S. The molecule has 2 rings (SSSR count). The van der Waals surface area contributed by atoms with Crippen LogP contribution < -0.4 is 15.8 Å². The molecule has 0 heterocycles. The van der Waals surface area contributed by atoms with Crippen LogP contribution >= 0.6 is 11.6 Å². The van der Waals surface area contributed by atoms with Crippen LogP contribution in [0.4, 0.5) is 5.69 Å². The highest BCUT2D eigenvalue weighted by Crippen LogP contribution is 2.15. The number of nitrogens with one attached hydrogen (secondary N) is 2. The molecule has 0 fully saturated rings. The van der Waals surface area contributed by atoms with Crippen molar-refractivity contribution in [2.75, 3.05) is 5.32 Å². The second kappa shape index (κ2) is 8.49. The standard InChI is InChI=1S/C17H15ClN4O3S/c18-16-4-2-1-3-12(16)10-22-17(23)13(9-19)11-21-14-5-7-15(8-6-14)26(20,24)25/h1-8,11,21H,10H2,(H,22,23)(H2,20,24,25)/b13-11-. The first-order chi connectivity index (χ1) is 12.3. The van der Waals surface area contributed by atoms with E-state index in [1.54, 1.807) is 30.3 Å². The lowest BCUT2D eigenvalue weighted by molar-refractivity contribution is -0.117. The van der Waals surface area contributed by atoms with Crippen molar-refractivity contribution in [2.24, 2.45) is 5.14 Å². The Morgan fingerprint density at radius 1 is 1.19 bits per heavy atom. The SMILES string of the molecule is N#C/C(=C/Nc1ccc(S(N)(=O)=O)cc1)C(=O)NCc1ccccc1Cl. The van der Waals surface area contributed by atoms with E-state index in [0.29, 0.717) is 10.7 Å². The van der Waals surface area contributed by atoms with Gasteiger partial charge in [-0.25, -0.2) is 13.6 Å². The highest BCUT2D eigenvalue weighted by atomic mass is 35.5. The number of rotatable bonds is 6. The maximum Gasteiger partial charge on any atom is 0.263 e. The first-order valence-corrected chi connectivity index (χ1v) is 9.25. The number of benzene rings is 2. The zero-order valence-corrected chi connectivity index (χ0v) is 15.0. The number of sulfonamides is 1. The van der Waals surface area contributed by atoms with Gasteiger partial charge in [-0.05, 0) is 35.9 Å². The van der Waals surface area contributed by atoms with Crippen molar-refractivity contribution in [3.05, 3.63) is 70.9 Å². The van der Waals surface area contributed by atoms with Crippen LogP contribution in [0.15, 0.2) is 65.2 Å². The minimum Gasteiger partial charge on any atom is -0.360 e. The van der Waals surface area contributed by atoms with Crippen molar-refractivity contribution in [1.82, 2.24) is 5.32 Å². The molecular weight excluding hydrogens is 376 g/mol. The molecule has 134 valence electrons. The Hall–Kier alpha value is -2.86. The minimum absolute atomic E-state index is 0.0370. The summed E-state index contributed by atoms with van der Waals surface area (Å²) < 4.78 is 22.4. The number of hydrogen-bond acceptors (Lipinski definition) is 5. The van der Waals surface area contributed by atoms with Gasteiger partial charge in [0.15, 0.2) is 0 Å². The molecule has 9 heteroatoms. The zero-order chi connectivity index (χ0) is 19.2. The number of carbonyl (C=O) groups excluding carboxylic acids is 1. The lowest BCUT2D eigenvalue weighted by Gasteiger charge is -2.07. The Bertz CT molecular complexity index is 980. The molecule has 0 spiro atoms. The Balaban J connectivity index is 2.02. The molecule has 0 saturated heterocycles. The first-order valence-electron chi connectivity index (χ1n) is 7.32. The molecule has 0 radical (unpaired) electrons. The summed E-state index contributed by atoms with van der Waals surface area (Å²) in [7, 11) is -3.78. The van der Waals surface area contributed by atoms with Crippen LogP contribution in [0.2, 0.25) is 5.02 Å². The zero-order valence-electron chi connectivity index (χ0n) is 13.4. The highest BCUT2D eigenvalue weighted by molar-refractivity contribution is 7.89. The number of carbonyl (C=O) groups is 1. The molecule has 0 aromatic heterocycles. The lowest BCUT2D eigenvalue weighted by Crippen LogP contribution is -2.24. The Kier molecular flexibility index (Phi) is 6.36. The van der Waals surface area contributed by atoms with Gasteiger partial charge in [-0.1, -0.05) is 29.8 Å². The predicted octanol–water partition coefficient (Wildman–Crippen LogP) is 2.12. The van der Waals surface area contributed by atoms with Gasteiger partial charge in [0.05, 0.1) is 4.90 Å². The van der Waals surface area contributed by atoms with E-state index in [1.807, 2.05) is 0 Å². The number of nitrogens with zero attached hydrogens (tertiary/aromatic N) is 1. The summed E-state index contributed by atoms with van der Waals surface area (Å²) in [6, 6.07) is 14.4. The van der Waals surface area contributed by atoms with Gasteiger partial charge in [0.1, 0.15) is 11.6 Å². The predicted molar refractivity (Wildman–Crippen MR) is 98.4 cm³/mol. The number of amides is 1. The van der Waals surface area contributed by atoms with Crippen molar-refractivity contribution in [1.29, 1.82) is 5.26 Å².